The molecule has 0 aliphatic carbocycles. The number of carbonyl (C=O) groups is 1. The topological polar surface area (TPSA) is 127 Å². The van der Waals surface area contributed by atoms with Crippen molar-refractivity contribution in [3.63, 3.8) is 0 Å². The van der Waals surface area contributed by atoms with E-state index in [9.17, 15) is 23.7 Å². The molecule has 0 atom stereocenters. The molecule has 1 amide bonds. The first-order valence-electron chi connectivity index (χ1n) is 9.69. The summed E-state index contributed by atoms with van der Waals surface area (Å²) in [6.45, 7) is -1.03. The highest BCUT2D eigenvalue weighted by Gasteiger charge is 2.17. The van der Waals surface area contributed by atoms with Crippen molar-refractivity contribution in [2.75, 3.05) is 26.1 Å². The molecule has 0 saturated heterocycles. The molecule has 11 nitrogen and oxygen atoms in total. The van der Waals surface area contributed by atoms with Gasteiger partial charge in [0.15, 0.2) is 23.9 Å². The second kappa shape index (κ2) is 10.9. The third kappa shape index (κ3) is 6.09. The molecule has 180 valence electrons. The van der Waals surface area contributed by atoms with Gasteiger partial charge in [-0.1, -0.05) is 6.07 Å². The fourth-order valence-electron chi connectivity index (χ4n) is 2.84. The van der Waals surface area contributed by atoms with E-state index in [4.69, 9.17) is 18.9 Å². The Balaban J connectivity index is 1.71. The number of methoxy groups -OCH3 is 2. The van der Waals surface area contributed by atoms with Crippen LogP contribution in [0.25, 0.3) is 0 Å². The van der Waals surface area contributed by atoms with Crippen LogP contribution in [0.2, 0.25) is 0 Å². The van der Waals surface area contributed by atoms with Crippen LogP contribution in [0.3, 0.4) is 0 Å². The molecule has 0 fully saturated rings. The van der Waals surface area contributed by atoms with E-state index in [0.717, 1.165) is 12.1 Å². The maximum Gasteiger partial charge on any atom is 0.276 e. The van der Waals surface area contributed by atoms with Crippen LogP contribution < -0.4 is 24.3 Å². The summed E-state index contributed by atoms with van der Waals surface area (Å²) in [5, 5.41) is 17.7. The second-order valence-electron chi connectivity index (χ2n) is 6.63. The minimum absolute atomic E-state index is 0.0165. The van der Waals surface area contributed by atoms with Crippen molar-refractivity contribution < 1.29 is 37.4 Å². The van der Waals surface area contributed by atoms with Gasteiger partial charge < -0.3 is 24.3 Å². The lowest BCUT2D eigenvalue weighted by atomic mass is 10.2. The Morgan fingerprint density at radius 3 is 2.47 bits per heavy atom. The molecule has 1 heterocycles. The lowest BCUT2D eigenvalue weighted by Gasteiger charge is -2.13. The maximum atomic E-state index is 12.6. The minimum atomic E-state index is -2.76. The summed E-state index contributed by atoms with van der Waals surface area (Å²) in [7, 11) is 2.96. The molecule has 1 N–H and O–H groups in total. The summed E-state index contributed by atoms with van der Waals surface area (Å²) in [6, 6.07) is 9.78. The van der Waals surface area contributed by atoms with E-state index in [1.165, 1.54) is 37.2 Å². The van der Waals surface area contributed by atoms with Crippen LogP contribution in [0.15, 0.2) is 48.7 Å². The number of nitrogens with one attached hydrogen (secondary N) is 1. The van der Waals surface area contributed by atoms with Gasteiger partial charge in [0.25, 0.3) is 18.0 Å². The lowest BCUT2D eigenvalue weighted by Crippen LogP contribution is -2.15. The zero-order valence-electron chi connectivity index (χ0n) is 18.1. The van der Waals surface area contributed by atoms with Crippen LogP contribution >= 0.6 is 0 Å². The van der Waals surface area contributed by atoms with Gasteiger partial charge in [0.1, 0.15) is 12.4 Å². The van der Waals surface area contributed by atoms with Gasteiger partial charge >= 0.3 is 0 Å². The number of nitro groups is 1. The monoisotopic (exact) mass is 478 g/mol. The van der Waals surface area contributed by atoms with Crippen LogP contribution in [-0.2, 0) is 6.73 Å². The first kappa shape index (κ1) is 24.2. The first-order valence-corrected chi connectivity index (χ1v) is 9.69. The molecule has 2 aromatic carbocycles. The van der Waals surface area contributed by atoms with Crippen molar-refractivity contribution in [3.8, 4) is 23.0 Å². The second-order valence-corrected chi connectivity index (χ2v) is 6.63. The third-order valence-electron chi connectivity index (χ3n) is 4.33. The van der Waals surface area contributed by atoms with Crippen molar-refractivity contribution in [1.82, 2.24) is 9.78 Å². The number of rotatable bonds is 11. The predicted octanol–water partition coefficient (Wildman–Crippen LogP) is 3.74. The quantitative estimate of drug-likeness (QED) is 0.326. The summed E-state index contributed by atoms with van der Waals surface area (Å²) < 4.78 is 47.2. The standard InChI is InChI=1S/C21H20F2N4O7/c1-31-17-4-3-5-18(32-2)20(17)34-12-26-7-6-16(25-26)21(28)24-13-8-14(27(29)30)10-15(9-13)33-11-19(22)23/h3-10,19H,11-12H2,1-2H3,(H,24,28). The van der Waals surface area contributed by atoms with Gasteiger partial charge in [-0.2, -0.15) is 5.10 Å². The number of anilines is 1. The number of amides is 1. The van der Waals surface area contributed by atoms with Gasteiger partial charge in [0, 0.05) is 18.3 Å². The normalized spacial score (nSPS) is 10.6. The van der Waals surface area contributed by atoms with E-state index < -0.39 is 29.6 Å². The number of hydrogen-bond acceptors (Lipinski definition) is 8. The third-order valence-corrected chi connectivity index (χ3v) is 4.33. The SMILES string of the molecule is COc1cccc(OC)c1OCn1ccc(C(=O)Nc2cc(OCC(F)F)cc([N+](=O)[O-])c2)n1. The van der Waals surface area contributed by atoms with E-state index in [0.29, 0.717) is 17.2 Å². The summed E-state index contributed by atoms with van der Waals surface area (Å²) in [6.07, 6.45) is -1.28. The summed E-state index contributed by atoms with van der Waals surface area (Å²) >= 11 is 0. The van der Waals surface area contributed by atoms with Gasteiger partial charge in [-0.3, -0.25) is 14.9 Å². The highest BCUT2D eigenvalue weighted by molar-refractivity contribution is 6.03. The summed E-state index contributed by atoms with van der Waals surface area (Å²) in [4.78, 5) is 23.0. The van der Waals surface area contributed by atoms with Crippen LogP contribution in [0, 0.1) is 10.1 Å². The molecule has 1 aromatic heterocycles. The Kier molecular flexibility index (Phi) is 7.79. The summed E-state index contributed by atoms with van der Waals surface area (Å²) in [5.41, 5.74) is -0.475. The van der Waals surface area contributed by atoms with Crippen molar-refractivity contribution in [2.24, 2.45) is 0 Å². The molecule has 0 aliphatic rings. The number of benzene rings is 2. The molecule has 0 spiro atoms. The highest BCUT2D eigenvalue weighted by Crippen LogP contribution is 2.36. The van der Waals surface area contributed by atoms with Gasteiger partial charge in [0.05, 0.1) is 30.9 Å². The van der Waals surface area contributed by atoms with Gasteiger partial charge in [-0.05, 0) is 18.2 Å². The lowest BCUT2D eigenvalue weighted by molar-refractivity contribution is -0.384. The molecule has 0 bridgehead atoms. The van der Waals surface area contributed by atoms with Crippen LogP contribution in [0.5, 0.6) is 23.0 Å². The predicted molar refractivity (Wildman–Crippen MR) is 115 cm³/mol. The minimum Gasteiger partial charge on any atom is -0.493 e. The molecule has 3 aromatic rings. The van der Waals surface area contributed by atoms with Gasteiger partial charge in [-0.15, -0.1) is 0 Å². The smallest absolute Gasteiger partial charge is 0.276 e. The fraction of sp³-hybridized carbons (Fsp3) is 0.238. The average molecular weight is 478 g/mol. The number of aromatic nitrogens is 2. The number of nitrogens with zero attached hydrogens (tertiary/aromatic N) is 3. The molecular formula is C21H20F2N4O7. The van der Waals surface area contributed by atoms with Crippen LogP contribution in [0.1, 0.15) is 10.5 Å². The zero-order chi connectivity index (χ0) is 24.7. The number of non-ortho nitro benzene ring substituents is 1. The van der Waals surface area contributed by atoms with Crippen LogP contribution in [-0.4, -0.2) is 47.9 Å². The van der Waals surface area contributed by atoms with Crippen molar-refractivity contribution in [2.45, 2.75) is 13.2 Å². The molecule has 3 rings (SSSR count). The van der Waals surface area contributed by atoms with E-state index in [1.54, 1.807) is 18.2 Å². The fourth-order valence-corrected chi connectivity index (χ4v) is 2.84. The molecule has 34 heavy (non-hydrogen) atoms. The van der Waals surface area contributed by atoms with E-state index >= 15 is 0 Å². The molecule has 13 heteroatoms. The Morgan fingerprint density at radius 2 is 1.85 bits per heavy atom. The van der Waals surface area contributed by atoms with Crippen LogP contribution in [0.4, 0.5) is 20.2 Å². The Hall–Kier alpha value is -4.42. The molecule has 0 radical (unpaired) electrons. The van der Waals surface area contributed by atoms with Gasteiger partial charge in [0.2, 0.25) is 5.75 Å². The number of nitro benzene ring substituents is 1. The number of hydrogen-bond donors (Lipinski definition) is 1. The summed E-state index contributed by atoms with van der Waals surface area (Å²) in [5.74, 6) is 0.366. The number of ether oxygens (including phenoxy) is 4. The Morgan fingerprint density at radius 1 is 1.15 bits per heavy atom. The number of para-hydroxylation sites is 1. The number of alkyl halides is 2. The molecule has 0 saturated carbocycles. The average Bonchev–Trinajstić information content (AvgIpc) is 3.30. The molecular weight excluding hydrogens is 458 g/mol. The number of carbonyl (C=O) groups excluding carboxylic acids is 1. The van der Waals surface area contributed by atoms with E-state index in [2.05, 4.69) is 10.4 Å². The molecule has 0 unspecified atom stereocenters. The Labute approximate surface area is 191 Å². The Bertz CT molecular complexity index is 1150. The highest BCUT2D eigenvalue weighted by atomic mass is 19.3. The van der Waals surface area contributed by atoms with Crippen molar-refractivity contribution in [1.29, 1.82) is 0 Å². The van der Waals surface area contributed by atoms with Gasteiger partial charge in [-0.25, -0.2) is 13.5 Å². The zero-order valence-corrected chi connectivity index (χ0v) is 18.1. The van der Waals surface area contributed by atoms with Crippen molar-refractivity contribution >= 4 is 17.3 Å². The van der Waals surface area contributed by atoms with Crippen molar-refractivity contribution in [3.05, 3.63) is 64.5 Å². The van der Waals surface area contributed by atoms with E-state index in [-0.39, 0.29) is 23.9 Å². The first-order chi connectivity index (χ1) is 16.3. The molecule has 0 aliphatic heterocycles. The largest absolute Gasteiger partial charge is 0.493 e. The van der Waals surface area contributed by atoms with E-state index in [1.807, 2.05) is 0 Å². The number of halogens is 2. The maximum absolute atomic E-state index is 12.6.